The van der Waals surface area contributed by atoms with Gasteiger partial charge in [0, 0.05) is 18.8 Å². The number of halogens is 1. The molecule has 1 aliphatic rings. The number of hydrogen-bond donors (Lipinski definition) is 2. The fourth-order valence-electron chi connectivity index (χ4n) is 2.80. The van der Waals surface area contributed by atoms with Crippen molar-refractivity contribution in [2.75, 3.05) is 32.0 Å². The molecule has 2 aromatic rings. The summed E-state index contributed by atoms with van der Waals surface area (Å²) in [5.41, 5.74) is 3.38. The summed E-state index contributed by atoms with van der Waals surface area (Å²) in [6, 6.07) is 9.34. The highest BCUT2D eigenvalue weighted by Gasteiger charge is 2.13. The first-order valence-electron chi connectivity index (χ1n) is 8.15. The summed E-state index contributed by atoms with van der Waals surface area (Å²) in [5.74, 6) is -0.543. The molecule has 2 amide bonds. The van der Waals surface area contributed by atoms with Crippen molar-refractivity contribution in [2.24, 2.45) is 0 Å². The van der Waals surface area contributed by atoms with Crippen LogP contribution in [0.2, 0.25) is 4.34 Å². The molecule has 3 rings (SSSR count). The lowest BCUT2D eigenvalue weighted by Gasteiger charge is -2.11. The number of benzene rings is 1. The Bertz CT molecular complexity index is 790. The molecule has 0 aliphatic carbocycles. The molecule has 0 radical (unpaired) electrons. The minimum Gasteiger partial charge on any atom is -0.342 e. The van der Waals surface area contributed by atoms with Crippen molar-refractivity contribution < 1.29 is 9.59 Å². The zero-order valence-electron chi connectivity index (χ0n) is 14.0. The van der Waals surface area contributed by atoms with Crippen molar-refractivity contribution in [3.05, 3.63) is 50.7 Å². The molecule has 132 valence electrons. The van der Waals surface area contributed by atoms with Crippen LogP contribution in [0.4, 0.5) is 5.69 Å². The molecular weight excluding hydrogens is 358 g/mol. The minimum atomic E-state index is -0.294. The van der Waals surface area contributed by atoms with Gasteiger partial charge in [-0.15, -0.1) is 11.3 Å². The van der Waals surface area contributed by atoms with Crippen LogP contribution >= 0.6 is 22.9 Å². The van der Waals surface area contributed by atoms with Crippen LogP contribution in [-0.2, 0) is 17.6 Å². The van der Waals surface area contributed by atoms with Crippen LogP contribution in [-0.4, -0.2) is 43.4 Å². The van der Waals surface area contributed by atoms with Crippen LogP contribution in [0.3, 0.4) is 0 Å². The lowest BCUT2D eigenvalue weighted by atomic mass is 10.0. The van der Waals surface area contributed by atoms with Gasteiger partial charge in [0.25, 0.3) is 5.91 Å². The highest BCUT2D eigenvalue weighted by molar-refractivity contribution is 7.18. The van der Waals surface area contributed by atoms with Gasteiger partial charge < -0.3 is 15.5 Å². The molecule has 0 atom stereocenters. The summed E-state index contributed by atoms with van der Waals surface area (Å²) in [6.07, 6.45) is 2.00. The van der Waals surface area contributed by atoms with Gasteiger partial charge in [-0.2, -0.15) is 0 Å². The monoisotopic (exact) mass is 377 g/mol. The van der Waals surface area contributed by atoms with Gasteiger partial charge in [0.05, 0.1) is 15.8 Å². The van der Waals surface area contributed by atoms with Crippen LogP contribution < -0.4 is 10.6 Å². The number of thiophene rings is 1. The van der Waals surface area contributed by atoms with Crippen molar-refractivity contribution >= 4 is 40.4 Å². The highest BCUT2D eigenvalue weighted by Crippen LogP contribution is 2.21. The predicted octanol–water partition coefficient (Wildman–Crippen LogP) is 2.80. The Labute approximate surface area is 156 Å². The summed E-state index contributed by atoms with van der Waals surface area (Å²) in [6.45, 7) is 2.00. The number of amides is 2. The summed E-state index contributed by atoms with van der Waals surface area (Å²) in [7, 11) is 2.12. The third-order valence-corrected chi connectivity index (χ3v) is 5.45. The van der Waals surface area contributed by atoms with Gasteiger partial charge >= 0.3 is 0 Å². The molecule has 7 heteroatoms. The zero-order chi connectivity index (χ0) is 17.8. The molecule has 0 bridgehead atoms. The van der Waals surface area contributed by atoms with Gasteiger partial charge in [0.15, 0.2) is 0 Å². The maximum Gasteiger partial charge on any atom is 0.261 e. The van der Waals surface area contributed by atoms with E-state index in [4.69, 9.17) is 11.6 Å². The number of rotatable bonds is 4. The molecular formula is C18H20ClN3O2S. The number of anilines is 1. The second-order valence-corrected chi connectivity index (χ2v) is 7.84. The maximum atomic E-state index is 12.1. The largest absolute Gasteiger partial charge is 0.342 e. The van der Waals surface area contributed by atoms with E-state index in [1.54, 1.807) is 12.1 Å². The summed E-state index contributed by atoms with van der Waals surface area (Å²) >= 11 is 7.00. The van der Waals surface area contributed by atoms with Crippen LogP contribution in [0, 0.1) is 0 Å². The second kappa shape index (κ2) is 7.99. The Morgan fingerprint density at radius 1 is 1.16 bits per heavy atom. The van der Waals surface area contributed by atoms with Gasteiger partial charge in [-0.1, -0.05) is 17.7 Å². The van der Waals surface area contributed by atoms with Crippen molar-refractivity contribution in [3.63, 3.8) is 0 Å². The third-order valence-electron chi connectivity index (χ3n) is 4.22. The Morgan fingerprint density at radius 3 is 2.64 bits per heavy atom. The average molecular weight is 378 g/mol. The van der Waals surface area contributed by atoms with Crippen molar-refractivity contribution in [2.45, 2.75) is 12.8 Å². The van der Waals surface area contributed by atoms with E-state index in [1.807, 2.05) is 12.1 Å². The SMILES string of the molecule is CN1CCc2ccc(NC(=O)CNC(=O)c3ccc(Cl)s3)cc2CC1. The number of fused-ring (bicyclic) bond motifs is 1. The van der Waals surface area contributed by atoms with Gasteiger partial charge in [0.1, 0.15) is 0 Å². The number of nitrogens with zero attached hydrogens (tertiary/aromatic N) is 1. The Balaban J connectivity index is 1.55. The minimum absolute atomic E-state index is 0.0752. The number of carbonyl (C=O) groups excluding carboxylic acids is 2. The first-order chi connectivity index (χ1) is 12.0. The van der Waals surface area contributed by atoms with E-state index >= 15 is 0 Å². The van der Waals surface area contributed by atoms with Gasteiger partial charge in [-0.05, 0) is 55.3 Å². The standard InChI is InChI=1S/C18H20ClN3O2S/c1-22-8-6-12-2-3-14(10-13(12)7-9-22)21-17(23)11-20-18(24)15-4-5-16(19)25-15/h2-5,10H,6-9,11H2,1H3,(H,20,24)(H,21,23). The molecule has 1 aromatic heterocycles. The summed E-state index contributed by atoms with van der Waals surface area (Å²) in [4.78, 5) is 26.8. The van der Waals surface area contributed by atoms with Crippen molar-refractivity contribution in [1.29, 1.82) is 0 Å². The Morgan fingerprint density at radius 2 is 1.92 bits per heavy atom. The first-order valence-corrected chi connectivity index (χ1v) is 9.34. The molecule has 25 heavy (non-hydrogen) atoms. The van der Waals surface area contributed by atoms with Crippen LogP contribution in [0.25, 0.3) is 0 Å². The predicted molar refractivity (Wildman–Crippen MR) is 102 cm³/mol. The van der Waals surface area contributed by atoms with Crippen molar-refractivity contribution in [3.8, 4) is 0 Å². The average Bonchev–Trinajstić information content (AvgIpc) is 2.94. The molecule has 0 spiro atoms. The molecule has 1 aromatic carbocycles. The number of hydrogen-bond acceptors (Lipinski definition) is 4. The fourth-order valence-corrected chi connectivity index (χ4v) is 3.76. The molecule has 5 nitrogen and oxygen atoms in total. The first kappa shape index (κ1) is 17.9. The highest BCUT2D eigenvalue weighted by atomic mass is 35.5. The smallest absolute Gasteiger partial charge is 0.261 e. The molecule has 0 saturated carbocycles. The van der Waals surface area contributed by atoms with E-state index in [2.05, 4.69) is 28.6 Å². The van der Waals surface area contributed by atoms with Gasteiger partial charge in [-0.25, -0.2) is 0 Å². The normalized spacial score (nSPS) is 14.5. The number of carbonyl (C=O) groups is 2. The molecule has 0 unspecified atom stereocenters. The van der Waals surface area contributed by atoms with Crippen LogP contribution in [0.1, 0.15) is 20.8 Å². The van der Waals surface area contributed by atoms with Crippen molar-refractivity contribution in [1.82, 2.24) is 10.2 Å². The van der Waals surface area contributed by atoms with Crippen LogP contribution in [0.5, 0.6) is 0 Å². The molecule has 2 N–H and O–H groups in total. The van der Waals surface area contributed by atoms with E-state index in [-0.39, 0.29) is 18.4 Å². The van der Waals surface area contributed by atoms with Gasteiger partial charge in [-0.3, -0.25) is 9.59 Å². The Hall–Kier alpha value is -1.89. The topological polar surface area (TPSA) is 61.4 Å². The zero-order valence-corrected chi connectivity index (χ0v) is 15.5. The molecule has 0 saturated heterocycles. The lowest BCUT2D eigenvalue weighted by molar-refractivity contribution is -0.115. The van der Waals surface area contributed by atoms with E-state index < -0.39 is 0 Å². The number of nitrogens with one attached hydrogen (secondary N) is 2. The summed E-state index contributed by atoms with van der Waals surface area (Å²) in [5, 5.41) is 5.45. The fraction of sp³-hybridized carbons (Fsp3) is 0.333. The molecule has 1 aliphatic heterocycles. The van der Waals surface area contributed by atoms with E-state index in [0.717, 1.165) is 31.6 Å². The summed E-state index contributed by atoms with van der Waals surface area (Å²) < 4.78 is 0.547. The number of likely N-dealkylation sites (N-methyl/N-ethyl adjacent to an activating group) is 1. The third kappa shape index (κ3) is 4.81. The molecule has 2 heterocycles. The van der Waals surface area contributed by atoms with Crippen LogP contribution in [0.15, 0.2) is 30.3 Å². The Kier molecular flexibility index (Phi) is 5.73. The second-order valence-electron chi connectivity index (χ2n) is 6.12. The molecule has 0 fully saturated rings. The van der Waals surface area contributed by atoms with E-state index in [9.17, 15) is 9.59 Å². The van der Waals surface area contributed by atoms with Gasteiger partial charge in [0.2, 0.25) is 5.91 Å². The quantitative estimate of drug-likeness (QED) is 0.861. The van der Waals surface area contributed by atoms with E-state index in [0.29, 0.717) is 9.21 Å². The van der Waals surface area contributed by atoms with E-state index in [1.165, 1.54) is 22.5 Å². The maximum absolute atomic E-state index is 12.1. The lowest BCUT2D eigenvalue weighted by Crippen LogP contribution is -2.32.